The molecule has 1 saturated heterocycles. The quantitative estimate of drug-likeness (QED) is 0.706. The van der Waals surface area contributed by atoms with Gasteiger partial charge in [0.2, 0.25) is 0 Å². The summed E-state index contributed by atoms with van der Waals surface area (Å²) in [4.78, 5) is 11.1. The van der Waals surface area contributed by atoms with Gasteiger partial charge in [-0.1, -0.05) is 18.7 Å². The topological polar surface area (TPSA) is 50.3 Å². The van der Waals surface area contributed by atoms with Crippen LogP contribution in [0.5, 0.6) is 5.75 Å². The van der Waals surface area contributed by atoms with Gasteiger partial charge in [-0.15, -0.1) is 11.3 Å². The van der Waals surface area contributed by atoms with Gasteiger partial charge in [0.25, 0.3) is 0 Å². The summed E-state index contributed by atoms with van der Waals surface area (Å²) in [5.74, 6) is 2.45. The molecule has 5 rings (SSSR count). The Kier molecular flexibility index (Phi) is 4.20. The fourth-order valence-electron chi connectivity index (χ4n) is 3.76. The van der Waals surface area contributed by atoms with E-state index in [1.54, 1.807) is 11.3 Å². The van der Waals surface area contributed by atoms with E-state index in [9.17, 15) is 0 Å². The van der Waals surface area contributed by atoms with E-state index in [2.05, 4.69) is 38.9 Å². The largest absolute Gasteiger partial charge is 0.488 e. The van der Waals surface area contributed by atoms with Crippen molar-refractivity contribution in [1.82, 2.24) is 15.3 Å². The van der Waals surface area contributed by atoms with E-state index in [1.165, 1.54) is 4.70 Å². The number of anilines is 1. The first-order chi connectivity index (χ1) is 13.3. The smallest absolute Gasteiger partial charge is 0.146 e. The SMILES string of the molecule is C=C(NC1CN(c2ccccn2)C1)C1CC(Oc2cccc3scnc23)C1. The van der Waals surface area contributed by atoms with Gasteiger partial charge in [0.15, 0.2) is 0 Å². The van der Waals surface area contributed by atoms with Crippen LogP contribution in [0.3, 0.4) is 0 Å². The Hall–Kier alpha value is -2.60. The minimum absolute atomic E-state index is 0.257. The molecule has 138 valence electrons. The number of pyridine rings is 1. The molecule has 3 heterocycles. The average Bonchev–Trinajstić information content (AvgIpc) is 3.10. The number of benzene rings is 1. The fraction of sp³-hybridized carbons (Fsp3) is 0.333. The van der Waals surface area contributed by atoms with Gasteiger partial charge in [-0.2, -0.15) is 0 Å². The molecular formula is C21H22N4OS. The highest BCUT2D eigenvalue weighted by molar-refractivity contribution is 7.16. The number of aromatic nitrogens is 2. The first kappa shape index (κ1) is 16.6. The van der Waals surface area contributed by atoms with Gasteiger partial charge in [0, 0.05) is 30.9 Å². The molecule has 0 radical (unpaired) electrons. The van der Waals surface area contributed by atoms with Crippen LogP contribution < -0.4 is 15.0 Å². The van der Waals surface area contributed by atoms with Crippen LogP contribution in [0.2, 0.25) is 0 Å². The molecule has 1 aliphatic heterocycles. The molecule has 2 aromatic heterocycles. The Bertz CT molecular complexity index is 945. The lowest BCUT2D eigenvalue weighted by molar-refractivity contribution is 0.0786. The van der Waals surface area contributed by atoms with E-state index in [0.29, 0.717) is 12.0 Å². The second kappa shape index (κ2) is 6.85. The Morgan fingerprint density at radius 1 is 1.15 bits per heavy atom. The lowest BCUT2D eigenvalue weighted by Gasteiger charge is -2.44. The maximum absolute atomic E-state index is 6.18. The molecule has 0 atom stereocenters. The third kappa shape index (κ3) is 3.25. The fourth-order valence-corrected chi connectivity index (χ4v) is 4.45. The van der Waals surface area contributed by atoms with Crippen molar-refractivity contribution in [3.63, 3.8) is 0 Å². The zero-order valence-electron chi connectivity index (χ0n) is 15.0. The zero-order chi connectivity index (χ0) is 18.2. The van der Waals surface area contributed by atoms with Gasteiger partial charge in [0.05, 0.1) is 16.3 Å². The van der Waals surface area contributed by atoms with Gasteiger partial charge in [0.1, 0.15) is 23.2 Å². The number of rotatable bonds is 6. The monoisotopic (exact) mass is 378 g/mol. The summed E-state index contributed by atoms with van der Waals surface area (Å²) in [7, 11) is 0. The number of hydrogen-bond donors (Lipinski definition) is 1. The van der Waals surface area contributed by atoms with Crippen LogP contribution in [0, 0.1) is 5.92 Å². The molecule has 0 bridgehead atoms. The Morgan fingerprint density at radius 2 is 2.04 bits per heavy atom. The average molecular weight is 379 g/mol. The Morgan fingerprint density at radius 3 is 2.85 bits per heavy atom. The van der Waals surface area contributed by atoms with Crippen LogP contribution in [-0.2, 0) is 0 Å². The summed E-state index contributed by atoms with van der Waals surface area (Å²) in [6.45, 7) is 6.23. The molecule has 0 spiro atoms. The van der Waals surface area contributed by atoms with Crippen LogP contribution in [0.15, 0.2) is 60.4 Å². The van der Waals surface area contributed by atoms with E-state index < -0.39 is 0 Å². The molecule has 1 aliphatic carbocycles. The van der Waals surface area contributed by atoms with Crippen LogP contribution in [0.1, 0.15) is 12.8 Å². The summed E-state index contributed by atoms with van der Waals surface area (Å²) < 4.78 is 7.36. The van der Waals surface area contributed by atoms with E-state index in [0.717, 1.165) is 48.7 Å². The first-order valence-electron chi connectivity index (χ1n) is 9.36. The second-order valence-corrected chi connectivity index (χ2v) is 8.21. The number of nitrogens with one attached hydrogen (secondary N) is 1. The highest BCUT2D eigenvalue weighted by Crippen LogP contribution is 2.37. The summed E-state index contributed by atoms with van der Waals surface area (Å²) in [6.07, 6.45) is 4.13. The standard InChI is InChI=1S/C21H22N4OS/c1-14(24-16-11-25(12-16)20-7-2-3-8-22-20)15-9-17(10-15)26-18-5-4-6-19-21(18)23-13-27-19/h2-8,13,15-17,24H,1,9-12H2. The number of nitrogens with zero attached hydrogens (tertiary/aromatic N) is 3. The van der Waals surface area contributed by atoms with Crippen molar-refractivity contribution in [2.24, 2.45) is 5.92 Å². The highest BCUT2D eigenvalue weighted by Gasteiger charge is 2.35. The van der Waals surface area contributed by atoms with E-state index in [1.807, 2.05) is 36.0 Å². The van der Waals surface area contributed by atoms with E-state index in [-0.39, 0.29) is 6.10 Å². The van der Waals surface area contributed by atoms with Crippen molar-refractivity contribution >= 4 is 27.4 Å². The maximum atomic E-state index is 6.18. The predicted molar refractivity (Wildman–Crippen MR) is 109 cm³/mol. The molecule has 2 fully saturated rings. The van der Waals surface area contributed by atoms with Crippen molar-refractivity contribution in [3.8, 4) is 5.75 Å². The summed E-state index contributed by atoms with van der Waals surface area (Å²) in [5.41, 5.74) is 4.00. The maximum Gasteiger partial charge on any atom is 0.146 e. The molecule has 5 nitrogen and oxygen atoms in total. The van der Waals surface area contributed by atoms with Crippen LogP contribution in [0.4, 0.5) is 5.82 Å². The molecule has 1 N–H and O–H groups in total. The molecule has 1 saturated carbocycles. The molecule has 0 unspecified atom stereocenters. The van der Waals surface area contributed by atoms with Crippen LogP contribution in [-0.4, -0.2) is 35.2 Å². The van der Waals surface area contributed by atoms with Crippen molar-refractivity contribution in [2.45, 2.75) is 25.0 Å². The molecular weight excluding hydrogens is 356 g/mol. The molecule has 0 amide bonds. The van der Waals surface area contributed by atoms with Gasteiger partial charge < -0.3 is 15.0 Å². The molecule has 2 aliphatic rings. The van der Waals surface area contributed by atoms with E-state index >= 15 is 0 Å². The third-order valence-corrected chi connectivity index (χ3v) is 6.24. The lowest BCUT2D eigenvalue weighted by Crippen LogP contribution is -2.59. The molecule has 6 heteroatoms. The van der Waals surface area contributed by atoms with Gasteiger partial charge in [-0.05, 0) is 37.1 Å². The summed E-state index contributed by atoms with van der Waals surface area (Å²) in [5, 5.41) is 3.60. The number of fused-ring (bicyclic) bond motifs is 1. The van der Waals surface area contributed by atoms with Gasteiger partial charge in [-0.25, -0.2) is 9.97 Å². The van der Waals surface area contributed by atoms with Gasteiger partial charge >= 0.3 is 0 Å². The van der Waals surface area contributed by atoms with E-state index in [4.69, 9.17) is 4.74 Å². The Labute approximate surface area is 162 Å². The second-order valence-electron chi connectivity index (χ2n) is 7.32. The van der Waals surface area contributed by atoms with Crippen molar-refractivity contribution in [2.75, 3.05) is 18.0 Å². The number of para-hydroxylation sites is 1. The number of thiazole rings is 1. The summed E-state index contributed by atoms with van der Waals surface area (Å²) >= 11 is 1.65. The molecule has 27 heavy (non-hydrogen) atoms. The van der Waals surface area contributed by atoms with Gasteiger partial charge in [-0.3, -0.25) is 0 Å². The normalized spacial score (nSPS) is 22.1. The number of allylic oxidation sites excluding steroid dienone is 1. The molecule has 3 aromatic rings. The van der Waals surface area contributed by atoms with Crippen molar-refractivity contribution in [3.05, 3.63) is 60.4 Å². The Balaban J connectivity index is 1.09. The van der Waals surface area contributed by atoms with Crippen molar-refractivity contribution < 1.29 is 4.74 Å². The van der Waals surface area contributed by atoms with Crippen LogP contribution in [0.25, 0.3) is 10.2 Å². The molecule has 1 aromatic carbocycles. The number of ether oxygens (including phenoxy) is 1. The summed E-state index contributed by atoms with van der Waals surface area (Å²) in [6, 6.07) is 12.6. The minimum atomic E-state index is 0.257. The van der Waals surface area contributed by atoms with Crippen LogP contribution >= 0.6 is 11.3 Å². The first-order valence-corrected chi connectivity index (χ1v) is 10.2. The minimum Gasteiger partial charge on any atom is -0.488 e. The highest BCUT2D eigenvalue weighted by atomic mass is 32.1. The zero-order valence-corrected chi connectivity index (χ0v) is 15.9. The third-order valence-electron chi connectivity index (χ3n) is 5.45. The predicted octanol–water partition coefficient (Wildman–Crippen LogP) is 3.84. The lowest BCUT2D eigenvalue weighted by atomic mass is 9.80. The van der Waals surface area contributed by atoms with Crippen molar-refractivity contribution in [1.29, 1.82) is 0 Å². The number of hydrogen-bond acceptors (Lipinski definition) is 6.